The predicted octanol–water partition coefficient (Wildman–Crippen LogP) is 2.05. The molecule has 0 aromatic carbocycles. The lowest BCUT2D eigenvalue weighted by molar-refractivity contribution is -0.0715. The van der Waals surface area contributed by atoms with Crippen LogP contribution in [0.1, 0.15) is 37.9 Å². The maximum atomic E-state index is 12.1. The van der Waals surface area contributed by atoms with Crippen molar-refractivity contribution in [1.82, 2.24) is 14.5 Å². The number of imidazole rings is 1. The predicted molar refractivity (Wildman–Crippen MR) is 76.8 cm³/mol. The number of aromatic nitrogens is 2. The van der Waals surface area contributed by atoms with Gasteiger partial charge in [-0.05, 0) is 19.3 Å². The van der Waals surface area contributed by atoms with Gasteiger partial charge in [0.25, 0.3) is 0 Å². The molecule has 21 heavy (non-hydrogen) atoms. The molecule has 1 saturated heterocycles. The van der Waals surface area contributed by atoms with Crippen LogP contribution in [0.25, 0.3) is 0 Å². The van der Waals surface area contributed by atoms with Crippen LogP contribution in [0.15, 0.2) is 12.4 Å². The Labute approximate surface area is 125 Å². The van der Waals surface area contributed by atoms with Crippen LogP contribution in [0.3, 0.4) is 0 Å². The molecule has 0 unspecified atom stereocenters. The minimum atomic E-state index is -0.397. The highest BCUT2D eigenvalue weighted by molar-refractivity contribution is 5.68. The first kappa shape index (κ1) is 14.4. The van der Waals surface area contributed by atoms with Crippen LogP contribution >= 0.6 is 0 Å². The van der Waals surface area contributed by atoms with E-state index >= 15 is 0 Å². The van der Waals surface area contributed by atoms with Gasteiger partial charge < -0.3 is 18.9 Å². The third-order valence-electron chi connectivity index (χ3n) is 4.77. The molecule has 6 heteroatoms. The van der Waals surface area contributed by atoms with Crippen LogP contribution in [0.4, 0.5) is 4.79 Å². The van der Waals surface area contributed by atoms with Gasteiger partial charge in [0.1, 0.15) is 17.5 Å². The van der Waals surface area contributed by atoms with E-state index in [0.717, 1.165) is 31.5 Å². The van der Waals surface area contributed by atoms with Crippen molar-refractivity contribution in [1.29, 1.82) is 0 Å². The largest absolute Gasteiger partial charge is 0.446 e. The number of rotatable bonds is 3. The van der Waals surface area contributed by atoms with E-state index in [-0.39, 0.29) is 12.2 Å². The fraction of sp³-hybridized carbons (Fsp3) is 0.733. The number of nitrogens with zero attached hydrogens (tertiary/aromatic N) is 3. The van der Waals surface area contributed by atoms with E-state index in [9.17, 15) is 4.79 Å². The van der Waals surface area contributed by atoms with Crippen molar-refractivity contribution in [2.45, 2.75) is 43.8 Å². The highest BCUT2D eigenvalue weighted by Gasteiger charge is 2.41. The Hall–Kier alpha value is -1.56. The first-order valence-electron chi connectivity index (χ1n) is 7.63. The number of carbonyl (C=O) groups excluding carboxylic acids is 1. The molecular weight excluding hydrogens is 270 g/mol. The van der Waals surface area contributed by atoms with Gasteiger partial charge in [0.15, 0.2) is 0 Å². The molecule has 1 aromatic rings. The Kier molecular flexibility index (Phi) is 3.89. The second-order valence-electron chi connectivity index (χ2n) is 5.98. The van der Waals surface area contributed by atoms with E-state index in [2.05, 4.69) is 4.98 Å². The number of likely N-dealkylation sites (tertiary alicyclic amines) is 1. The zero-order valence-corrected chi connectivity index (χ0v) is 12.7. The van der Waals surface area contributed by atoms with Crippen molar-refractivity contribution in [2.75, 3.05) is 20.2 Å². The number of methoxy groups -OCH3 is 1. The lowest BCUT2D eigenvalue weighted by atomic mass is 9.90. The van der Waals surface area contributed by atoms with Crippen molar-refractivity contribution < 1.29 is 14.3 Å². The molecule has 0 N–H and O–H groups in total. The summed E-state index contributed by atoms with van der Waals surface area (Å²) in [7, 11) is 3.69. The molecule has 1 aliphatic carbocycles. The second kappa shape index (κ2) is 5.67. The van der Waals surface area contributed by atoms with E-state index in [1.165, 1.54) is 6.42 Å². The number of hydrogen-bond acceptors (Lipinski definition) is 4. The Morgan fingerprint density at radius 1 is 1.38 bits per heavy atom. The van der Waals surface area contributed by atoms with Gasteiger partial charge in [-0.3, -0.25) is 0 Å². The van der Waals surface area contributed by atoms with Crippen LogP contribution in [0, 0.1) is 0 Å². The van der Waals surface area contributed by atoms with Gasteiger partial charge in [-0.25, -0.2) is 9.78 Å². The van der Waals surface area contributed by atoms with Crippen molar-refractivity contribution in [2.24, 2.45) is 7.05 Å². The fourth-order valence-electron chi connectivity index (χ4n) is 3.08. The first-order chi connectivity index (χ1) is 10.1. The smallest absolute Gasteiger partial charge is 0.410 e. The number of amides is 1. The molecule has 1 saturated carbocycles. The fourth-order valence-corrected chi connectivity index (χ4v) is 3.08. The maximum Gasteiger partial charge on any atom is 0.410 e. The number of carbonyl (C=O) groups is 1. The summed E-state index contributed by atoms with van der Waals surface area (Å²) in [5.41, 5.74) is -0.397. The Morgan fingerprint density at radius 3 is 2.57 bits per heavy atom. The van der Waals surface area contributed by atoms with Crippen LogP contribution in [0.2, 0.25) is 0 Å². The molecule has 0 atom stereocenters. The topological polar surface area (TPSA) is 56.6 Å². The summed E-state index contributed by atoms with van der Waals surface area (Å²) >= 11 is 0. The molecule has 2 aliphatic rings. The summed E-state index contributed by atoms with van der Waals surface area (Å²) < 4.78 is 13.2. The first-order valence-corrected chi connectivity index (χ1v) is 7.63. The number of aryl methyl sites for hydroxylation is 1. The van der Waals surface area contributed by atoms with E-state index in [1.807, 2.05) is 17.8 Å². The number of piperidine rings is 1. The van der Waals surface area contributed by atoms with E-state index < -0.39 is 5.60 Å². The Bertz CT molecular complexity index is 502. The molecule has 6 nitrogen and oxygen atoms in total. The van der Waals surface area contributed by atoms with Gasteiger partial charge in [-0.1, -0.05) is 0 Å². The summed E-state index contributed by atoms with van der Waals surface area (Å²) in [5.74, 6) is 0.928. The van der Waals surface area contributed by atoms with Crippen molar-refractivity contribution in [3.05, 3.63) is 18.2 Å². The molecule has 0 bridgehead atoms. The molecule has 1 aliphatic heterocycles. The average Bonchev–Trinajstić information content (AvgIpc) is 2.89. The summed E-state index contributed by atoms with van der Waals surface area (Å²) in [6.07, 6.45) is 8.35. The van der Waals surface area contributed by atoms with Crippen LogP contribution in [-0.4, -0.2) is 46.8 Å². The maximum absolute atomic E-state index is 12.1. The van der Waals surface area contributed by atoms with E-state index in [1.54, 1.807) is 18.2 Å². The van der Waals surface area contributed by atoms with E-state index in [0.29, 0.717) is 13.1 Å². The van der Waals surface area contributed by atoms with Gasteiger partial charge in [0.2, 0.25) is 0 Å². The van der Waals surface area contributed by atoms with Crippen LogP contribution in [-0.2, 0) is 22.1 Å². The normalized spacial score (nSPS) is 21.9. The summed E-state index contributed by atoms with van der Waals surface area (Å²) in [6.45, 7) is 1.29. The van der Waals surface area contributed by atoms with Gasteiger partial charge in [0.05, 0.1) is 0 Å². The minimum absolute atomic E-state index is 0.140. The van der Waals surface area contributed by atoms with Gasteiger partial charge in [-0.2, -0.15) is 0 Å². The Balaban J connectivity index is 1.63. The zero-order valence-electron chi connectivity index (χ0n) is 12.7. The number of hydrogen-bond donors (Lipinski definition) is 0. The lowest BCUT2D eigenvalue weighted by Crippen LogP contribution is -2.48. The van der Waals surface area contributed by atoms with Crippen LogP contribution in [0.5, 0.6) is 0 Å². The standard InChI is InChI=1S/C15H23N3O3/c1-17-11-8-16-13(17)15(20-2)6-9-18(10-7-15)14(19)21-12-4-3-5-12/h8,11-12H,3-7,9-10H2,1-2H3. The SMILES string of the molecule is COC1(c2nccn2C)CCN(C(=O)OC2CCC2)CC1. The quantitative estimate of drug-likeness (QED) is 0.856. The van der Waals surface area contributed by atoms with Crippen molar-refractivity contribution in [3.8, 4) is 0 Å². The number of ether oxygens (including phenoxy) is 2. The second-order valence-corrected chi connectivity index (χ2v) is 5.98. The highest BCUT2D eigenvalue weighted by Crippen LogP contribution is 2.35. The molecule has 116 valence electrons. The molecule has 0 spiro atoms. The summed E-state index contributed by atoms with van der Waals surface area (Å²) in [5, 5.41) is 0. The molecule has 2 fully saturated rings. The van der Waals surface area contributed by atoms with Gasteiger partial charge >= 0.3 is 6.09 Å². The summed E-state index contributed by atoms with van der Waals surface area (Å²) in [4.78, 5) is 18.3. The summed E-state index contributed by atoms with van der Waals surface area (Å²) in [6, 6.07) is 0. The van der Waals surface area contributed by atoms with Crippen LogP contribution < -0.4 is 0 Å². The third-order valence-corrected chi connectivity index (χ3v) is 4.77. The van der Waals surface area contributed by atoms with Crippen molar-refractivity contribution >= 4 is 6.09 Å². The lowest BCUT2D eigenvalue weighted by Gasteiger charge is -2.40. The third kappa shape index (κ3) is 2.64. The van der Waals surface area contributed by atoms with Gasteiger partial charge in [-0.15, -0.1) is 0 Å². The van der Waals surface area contributed by atoms with E-state index in [4.69, 9.17) is 9.47 Å². The van der Waals surface area contributed by atoms with Crippen molar-refractivity contribution in [3.63, 3.8) is 0 Å². The molecule has 2 heterocycles. The Morgan fingerprint density at radius 2 is 2.10 bits per heavy atom. The minimum Gasteiger partial charge on any atom is -0.446 e. The molecular formula is C15H23N3O3. The zero-order chi connectivity index (χ0) is 14.9. The monoisotopic (exact) mass is 293 g/mol. The molecule has 0 radical (unpaired) electrons. The average molecular weight is 293 g/mol. The molecule has 3 rings (SSSR count). The molecule has 1 amide bonds. The van der Waals surface area contributed by atoms with Gasteiger partial charge in [0, 0.05) is 52.5 Å². The molecule has 1 aromatic heterocycles. The highest BCUT2D eigenvalue weighted by atomic mass is 16.6.